The summed E-state index contributed by atoms with van der Waals surface area (Å²) in [6.45, 7) is 1.57. The number of benzene rings is 2. The van der Waals surface area contributed by atoms with E-state index in [0.717, 1.165) is 0 Å². The number of nitriles is 1. The van der Waals surface area contributed by atoms with E-state index in [1.807, 2.05) is 6.07 Å². The fraction of sp³-hybridized carbons (Fsp3) is 0.200. The second-order valence-electron chi connectivity index (χ2n) is 5.66. The highest BCUT2D eigenvalue weighted by Gasteiger charge is 2.16. The Morgan fingerprint density at radius 3 is 2.37 bits per heavy atom. The van der Waals surface area contributed by atoms with Crippen LogP contribution in [0.25, 0.3) is 0 Å². The molecule has 0 saturated heterocycles. The van der Waals surface area contributed by atoms with Gasteiger partial charge in [0, 0.05) is 25.6 Å². The highest BCUT2D eigenvalue weighted by molar-refractivity contribution is 6.01. The van der Waals surface area contributed by atoms with Crippen molar-refractivity contribution in [3.05, 3.63) is 59.7 Å². The Hall–Kier alpha value is -3.66. The van der Waals surface area contributed by atoms with E-state index >= 15 is 0 Å². The van der Waals surface area contributed by atoms with Crippen molar-refractivity contribution in [3.8, 4) is 6.07 Å². The summed E-state index contributed by atoms with van der Waals surface area (Å²) in [5.41, 5.74) is 1.69. The summed E-state index contributed by atoms with van der Waals surface area (Å²) >= 11 is 0. The largest absolute Gasteiger partial charge is 0.465 e. The molecule has 2 rings (SSSR count). The van der Waals surface area contributed by atoms with Crippen LogP contribution >= 0.6 is 0 Å². The van der Waals surface area contributed by atoms with Crippen LogP contribution in [0.5, 0.6) is 0 Å². The van der Waals surface area contributed by atoms with Gasteiger partial charge in [-0.25, -0.2) is 4.79 Å². The number of carbonyl (C=O) groups is 3. The van der Waals surface area contributed by atoms with E-state index in [2.05, 4.69) is 5.32 Å². The van der Waals surface area contributed by atoms with Crippen molar-refractivity contribution in [3.63, 3.8) is 0 Å². The number of anilines is 2. The molecule has 138 valence electrons. The zero-order valence-corrected chi connectivity index (χ0v) is 15.1. The predicted molar refractivity (Wildman–Crippen MR) is 100 cm³/mol. The summed E-state index contributed by atoms with van der Waals surface area (Å²) in [7, 11) is 1.27. The fourth-order valence-electron chi connectivity index (χ4n) is 2.49. The van der Waals surface area contributed by atoms with Gasteiger partial charge in [-0.2, -0.15) is 5.26 Å². The Bertz CT molecular complexity index is 885. The van der Waals surface area contributed by atoms with E-state index in [9.17, 15) is 14.4 Å². The normalized spacial score (nSPS) is 9.81. The van der Waals surface area contributed by atoms with Gasteiger partial charge in [-0.1, -0.05) is 12.1 Å². The van der Waals surface area contributed by atoms with E-state index in [0.29, 0.717) is 16.9 Å². The minimum absolute atomic E-state index is 0.0368. The molecule has 0 radical (unpaired) electrons. The Labute approximate surface area is 157 Å². The van der Waals surface area contributed by atoms with Crippen LogP contribution in [0.15, 0.2) is 48.5 Å². The van der Waals surface area contributed by atoms with Crippen LogP contribution in [-0.4, -0.2) is 31.4 Å². The second kappa shape index (κ2) is 9.15. The van der Waals surface area contributed by atoms with E-state index in [1.54, 1.807) is 48.5 Å². The van der Waals surface area contributed by atoms with Crippen molar-refractivity contribution in [1.29, 1.82) is 5.26 Å². The number of ether oxygens (including phenoxy) is 1. The third kappa shape index (κ3) is 5.16. The number of amides is 2. The fourth-order valence-corrected chi connectivity index (χ4v) is 2.49. The minimum atomic E-state index is -0.547. The summed E-state index contributed by atoms with van der Waals surface area (Å²) in [5.74, 6) is -1.11. The summed E-state index contributed by atoms with van der Waals surface area (Å²) in [4.78, 5) is 37.4. The molecule has 7 nitrogen and oxygen atoms in total. The number of carbonyl (C=O) groups excluding carboxylic acids is 3. The van der Waals surface area contributed by atoms with Crippen LogP contribution in [0.4, 0.5) is 11.4 Å². The monoisotopic (exact) mass is 365 g/mol. The van der Waals surface area contributed by atoms with Crippen LogP contribution < -0.4 is 10.2 Å². The average Bonchev–Trinajstić information content (AvgIpc) is 2.68. The van der Waals surface area contributed by atoms with Gasteiger partial charge in [0.1, 0.15) is 0 Å². The molecule has 0 atom stereocenters. The predicted octanol–water partition coefficient (Wildman–Crippen LogP) is 2.73. The first-order valence-corrected chi connectivity index (χ1v) is 8.21. The number of para-hydroxylation sites is 1. The molecule has 0 unspecified atom stereocenters. The van der Waals surface area contributed by atoms with Gasteiger partial charge in [-0.3, -0.25) is 9.59 Å². The first-order valence-electron chi connectivity index (χ1n) is 8.21. The molecular formula is C20H19N3O4. The van der Waals surface area contributed by atoms with Gasteiger partial charge in [-0.05, 0) is 36.4 Å². The number of hydrogen-bond acceptors (Lipinski definition) is 5. The van der Waals surface area contributed by atoms with Gasteiger partial charge < -0.3 is 15.0 Å². The maximum Gasteiger partial charge on any atom is 0.339 e. The van der Waals surface area contributed by atoms with Crippen molar-refractivity contribution >= 4 is 29.2 Å². The van der Waals surface area contributed by atoms with Crippen LogP contribution in [0.3, 0.4) is 0 Å². The molecule has 2 amide bonds. The molecule has 0 aromatic heterocycles. The van der Waals surface area contributed by atoms with E-state index in [-0.39, 0.29) is 30.3 Å². The minimum Gasteiger partial charge on any atom is -0.465 e. The molecule has 0 aliphatic carbocycles. The van der Waals surface area contributed by atoms with Gasteiger partial charge in [0.15, 0.2) is 0 Å². The first-order chi connectivity index (χ1) is 13.0. The van der Waals surface area contributed by atoms with E-state index in [1.165, 1.54) is 18.9 Å². The molecule has 7 heteroatoms. The van der Waals surface area contributed by atoms with Crippen LogP contribution in [-0.2, 0) is 14.3 Å². The molecule has 0 aliphatic rings. The SMILES string of the molecule is COC(=O)c1ccccc1NC(=O)CCN(C(C)=O)c1ccc(C#N)cc1. The number of esters is 1. The molecule has 0 bridgehead atoms. The van der Waals surface area contributed by atoms with Crippen molar-refractivity contribution in [2.24, 2.45) is 0 Å². The zero-order valence-electron chi connectivity index (χ0n) is 15.1. The second-order valence-corrected chi connectivity index (χ2v) is 5.66. The summed E-state index contributed by atoms with van der Waals surface area (Å²) in [6.07, 6.45) is 0.0368. The maximum atomic E-state index is 12.3. The Morgan fingerprint density at radius 2 is 1.78 bits per heavy atom. The molecular weight excluding hydrogens is 346 g/mol. The highest BCUT2D eigenvalue weighted by Crippen LogP contribution is 2.18. The molecule has 0 fully saturated rings. The number of methoxy groups -OCH3 is 1. The van der Waals surface area contributed by atoms with Gasteiger partial charge in [0.25, 0.3) is 0 Å². The third-order valence-corrected chi connectivity index (χ3v) is 3.86. The van der Waals surface area contributed by atoms with Gasteiger partial charge in [-0.15, -0.1) is 0 Å². The molecule has 0 spiro atoms. The molecule has 0 aliphatic heterocycles. The molecule has 1 N–H and O–H groups in total. The van der Waals surface area contributed by atoms with Gasteiger partial charge in [0.05, 0.1) is 30.0 Å². The Kier molecular flexibility index (Phi) is 6.67. The van der Waals surface area contributed by atoms with Gasteiger partial charge >= 0.3 is 5.97 Å². The Balaban J connectivity index is 2.05. The molecule has 0 heterocycles. The average molecular weight is 365 g/mol. The summed E-state index contributed by atoms with van der Waals surface area (Å²) in [6, 6.07) is 15.1. The molecule has 27 heavy (non-hydrogen) atoms. The lowest BCUT2D eigenvalue weighted by atomic mass is 10.1. The summed E-state index contributed by atoms with van der Waals surface area (Å²) in [5, 5.41) is 11.5. The molecule has 0 saturated carbocycles. The van der Waals surface area contributed by atoms with Crippen molar-refractivity contribution in [2.45, 2.75) is 13.3 Å². The quantitative estimate of drug-likeness (QED) is 0.794. The van der Waals surface area contributed by atoms with Crippen molar-refractivity contribution < 1.29 is 19.1 Å². The lowest BCUT2D eigenvalue weighted by Crippen LogP contribution is -2.32. The maximum absolute atomic E-state index is 12.3. The van der Waals surface area contributed by atoms with Crippen molar-refractivity contribution in [1.82, 2.24) is 0 Å². The lowest BCUT2D eigenvalue weighted by molar-refractivity contribution is -0.117. The van der Waals surface area contributed by atoms with E-state index < -0.39 is 5.97 Å². The van der Waals surface area contributed by atoms with Crippen molar-refractivity contribution in [2.75, 3.05) is 23.9 Å². The highest BCUT2D eigenvalue weighted by atomic mass is 16.5. The first kappa shape index (κ1) is 19.7. The lowest BCUT2D eigenvalue weighted by Gasteiger charge is -2.21. The number of hydrogen-bond donors (Lipinski definition) is 1. The van der Waals surface area contributed by atoms with Crippen LogP contribution in [0, 0.1) is 11.3 Å². The number of nitrogens with one attached hydrogen (secondary N) is 1. The van der Waals surface area contributed by atoms with Crippen LogP contribution in [0.1, 0.15) is 29.3 Å². The van der Waals surface area contributed by atoms with Crippen LogP contribution in [0.2, 0.25) is 0 Å². The van der Waals surface area contributed by atoms with E-state index in [4.69, 9.17) is 10.00 Å². The third-order valence-electron chi connectivity index (χ3n) is 3.86. The number of nitrogens with zero attached hydrogens (tertiary/aromatic N) is 2. The standard InChI is InChI=1S/C20H19N3O4/c1-14(24)23(16-9-7-15(13-21)8-10-16)12-11-19(25)22-18-6-4-3-5-17(18)20(26)27-2/h3-10H,11-12H2,1-2H3,(H,22,25). The summed E-state index contributed by atoms with van der Waals surface area (Å²) < 4.78 is 4.70. The Morgan fingerprint density at radius 1 is 1.11 bits per heavy atom. The smallest absolute Gasteiger partial charge is 0.339 e. The topological polar surface area (TPSA) is 99.5 Å². The van der Waals surface area contributed by atoms with Gasteiger partial charge in [0.2, 0.25) is 11.8 Å². The number of rotatable bonds is 6. The zero-order chi connectivity index (χ0) is 19.8. The molecule has 2 aromatic rings. The molecule has 2 aromatic carbocycles.